The van der Waals surface area contributed by atoms with Gasteiger partial charge in [-0.2, -0.15) is 0 Å². The molecule has 0 aromatic heterocycles. The Morgan fingerprint density at radius 1 is 1.11 bits per heavy atom. The van der Waals surface area contributed by atoms with Crippen LogP contribution in [0.2, 0.25) is 0 Å². The number of aliphatic hydroxyl groups excluding tert-OH is 1. The summed E-state index contributed by atoms with van der Waals surface area (Å²) >= 11 is 0. The Kier molecular flexibility index (Phi) is 4.75. The molecule has 4 heteroatoms. The van der Waals surface area contributed by atoms with Crippen molar-refractivity contribution in [2.24, 2.45) is 0 Å². The molecule has 0 aliphatic rings. The van der Waals surface area contributed by atoms with Gasteiger partial charge >= 0.3 is 0 Å². The monoisotopic (exact) mass is 261 g/mol. The van der Waals surface area contributed by atoms with Crippen LogP contribution in [0.4, 0.5) is 10.1 Å². The highest BCUT2D eigenvalue weighted by molar-refractivity contribution is 5.43. The molecule has 2 rings (SSSR count). The first kappa shape index (κ1) is 13.4. The second kappa shape index (κ2) is 6.75. The Labute approximate surface area is 111 Å². The molecule has 1 atom stereocenters. The standard InChI is InChI=1S/C15H16FNO2/c16-12-5-4-6-13(9-12)17-10-14(18)11-19-15-7-2-1-3-8-15/h1-9,14,17-18H,10-11H2. The summed E-state index contributed by atoms with van der Waals surface area (Å²) in [5.74, 6) is 0.410. The third-order valence-corrected chi connectivity index (χ3v) is 2.55. The molecule has 100 valence electrons. The summed E-state index contributed by atoms with van der Waals surface area (Å²) in [6.07, 6.45) is -0.663. The van der Waals surface area contributed by atoms with Crippen LogP contribution < -0.4 is 10.1 Å². The highest BCUT2D eigenvalue weighted by Gasteiger charge is 2.05. The molecule has 0 radical (unpaired) electrons. The molecule has 3 nitrogen and oxygen atoms in total. The third-order valence-electron chi connectivity index (χ3n) is 2.55. The maximum absolute atomic E-state index is 12.9. The Hall–Kier alpha value is -2.07. The SMILES string of the molecule is OC(CNc1cccc(F)c1)COc1ccccc1. The molecule has 2 aromatic rings. The van der Waals surface area contributed by atoms with Gasteiger partial charge in [0.2, 0.25) is 0 Å². The van der Waals surface area contributed by atoms with E-state index in [1.807, 2.05) is 30.3 Å². The van der Waals surface area contributed by atoms with Gasteiger partial charge in [0.15, 0.2) is 0 Å². The second-order valence-electron chi connectivity index (χ2n) is 4.17. The van der Waals surface area contributed by atoms with Gasteiger partial charge in [0.25, 0.3) is 0 Å². The van der Waals surface area contributed by atoms with Crippen LogP contribution in [0.3, 0.4) is 0 Å². The number of ether oxygens (including phenoxy) is 1. The fourth-order valence-electron chi connectivity index (χ4n) is 1.60. The predicted octanol–water partition coefficient (Wildman–Crippen LogP) is 2.68. The number of benzene rings is 2. The van der Waals surface area contributed by atoms with E-state index in [9.17, 15) is 9.50 Å². The lowest BCUT2D eigenvalue weighted by molar-refractivity contribution is 0.117. The van der Waals surface area contributed by atoms with Gasteiger partial charge in [-0.1, -0.05) is 24.3 Å². The van der Waals surface area contributed by atoms with Crippen LogP contribution in [-0.4, -0.2) is 24.4 Å². The minimum absolute atomic E-state index is 0.187. The van der Waals surface area contributed by atoms with Crippen molar-refractivity contribution in [3.05, 3.63) is 60.4 Å². The molecule has 0 aliphatic heterocycles. The Bertz CT molecular complexity index is 505. The van der Waals surface area contributed by atoms with Crippen molar-refractivity contribution in [2.45, 2.75) is 6.10 Å². The Morgan fingerprint density at radius 3 is 2.63 bits per heavy atom. The summed E-state index contributed by atoms with van der Waals surface area (Å²) in [6.45, 7) is 0.489. The molecule has 0 fully saturated rings. The van der Waals surface area contributed by atoms with Crippen molar-refractivity contribution >= 4 is 5.69 Å². The molecule has 0 amide bonds. The van der Waals surface area contributed by atoms with E-state index in [1.54, 1.807) is 12.1 Å². The second-order valence-corrected chi connectivity index (χ2v) is 4.17. The van der Waals surface area contributed by atoms with E-state index in [2.05, 4.69) is 5.32 Å². The average Bonchev–Trinajstić information content (AvgIpc) is 2.44. The average molecular weight is 261 g/mol. The van der Waals surface area contributed by atoms with Gasteiger partial charge in [0.1, 0.15) is 24.3 Å². The van der Waals surface area contributed by atoms with E-state index in [-0.39, 0.29) is 12.4 Å². The lowest BCUT2D eigenvalue weighted by Gasteiger charge is -2.14. The number of anilines is 1. The fraction of sp³-hybridized carbons (Fsp3) is 0.200. The first-order chi connectivity index (χ1) is 9.24. The number of aliphatic hydroxyl groups is 1. The molecule has 0 heterocycles. The van der Waals surface area contributed by atoms with Crippen molar-refractivity contribution in [1.29, 1.82) is 0 Å². The zero-order valence-corrected chi connectivity index (χ0v) is 10.4. The van der Waals surface area contributed by atoms with Crippen LogP contribution >= 0.6 is 0 Å². The van der Waals surface area contributed by atoms with Gasteiger partial charge in [-0.05, 0) is 30.3 Å². The van der Waals surface area contributed by atoms with Gasteiger partial charge in [0.05, 0.1) is 0 Å². The first-order valence-electron chi connectivity index (χ1n) is 6.09. The zero-order valence-electron chi connectivity index (χ0n) is 10.4. The zero-order chi connectivity index (χ0) is 13.5. The van der Waals surface area contributed by atoms with Crippen LogP contribution in [0.25, 0.3) is 0 Å². The molecule has 0 aliphatic carbocycles. The molecule has 1 unspecified atom stereocenters. The number of nitrogens with one attached hydrogen (secondary N) is 1. The van der Waals surface area contributed by atoms with Crippen LogP contribution in [-0.2, 0) is 0 Å². The van der Waals surface area contributed by atoms with Crippen molar-refractivity contribution in [2.75, 3.05) is 18.5 Å². The fourth-order valence-corrected chi connectivity index (χ4v) is 1.60. The van der Waals surface area contributed by atoms with Gasteiger partial charge < -0.3 is 15.2 Å². The summed E-state index contributed by atoms with van der Waals surface area (Å²) in [5, 5.41) is 12.7. The first-order valence-corrected chi connectivity index (χ1v) is 6.09. The smallest absolute Gasteiger partial charge is 0.125 e. The molecule has 2 aromatic carbocycles. The normalized spacial score (nSPS) is 11.9. The summed E-state index contributed by atoms with van der Waals surface area (Å²) < 4.78 is 18.3. The summed E-state index contributed by atoms with van der Waals surface area (Å²) in [4.78, 5) is 0. The van der Waals surface area contributed by atoms with Crippen molar-refractivity contribution < 1.29 is 14.2 Å². The van der Waals surface area contributed by atoms with E-state index < -0.39 is 6.10 Å². The third kappa shape index (κ3) is 4.60. The minimum Gasteiger partial charge on any atom is -0.491 e. The molecule has 2 N–H and O–H groups in total. The summed E-state index contributed by atoms with van der Waals surface area (Å²) in [6, 6.07) is 15.4. The van der Waals surface area contributed by atoms with E-state index in [0.717, 1.165) is 0 Å². The predicted molar refractivity (Wildman–Crippen MR) is 72.8 cm³/mol. The Balaban J connectivity index is 1.74. The van der Waals surface area contributed by atoms with E-state index in [1.165, 1.54) is 12.1 Å². The quantitative estimate of drug-likeness (QED) is 0.840. The van der Waals surface area contributed by atoms with Crippen LogP contribution in [0.15, 0.2) is 54.6 Å². The highest BCUT2D eigenvalue weighted by Crippen LogP contribution is 2.10. The number of hydrogen-bond acceptors (Lipinski definition) is 3. The van der Waals surface area contributed by atoms with Gasteiger partial charge in [0, 0.05) is 12.2 Å². The van der Waals surface area contributed by atoms with Crippen LogP contribution in [0, 0.1) is 5.82 Å². The number of halogens is 1. The lowest BCUT2D eigenvalue weighted by atomic mass is 10.3. The summed E-state index contributed by atoms with van der Waals surface area (Å²) in [5.41, 5.74) is 0.638. The van der Waals surface area contributed by atoms with Crippen molar-refractivity contribution in [1.82, 2.24) is 0 Å². The summed E-state index contributed by atoms with van der Waals surface area (Å²) in [7, 11) is 0. The van der Waals surface area contributed by atoms with Crippen LogP contribution in [0.1, 0.15) is 0 Å². The molecular weight excluding hydrogens is 245 g/mol. The van der Waals surface area contributed by atoms with Crippen molar-refractivity contribution in [3.8, 4) is 5.75 Å². The number of rotatable bonds is 6. The maximum Gasteiger partial charge on any atom is 0.125 e. The molecule has 0 saturated heterocycles. The van der Waals surface area contributed by atoms with E-state index >= 15 is 0 Å². The topological polar surface area (TPSA) is 41.5 Å². The maximum atomic E-state index is 12.9. The number of para-hydroxylation sites is 1. The number of hydrogen-bond donors (Lipinski definition) is 2. The minimum atomic E-state index is -0.663. The van der Waals surface area contributed by atoms with Crippen molar-refractivity contribution in [3.63, 3.8) is 0 Å². The Morgan fingerprint density at radius 2 is 1.89 bits per heavy atom. The van der Waals surface area contributed by atoms with Gasteiger partial charge in [-0.15, -0.1) is 0 Å². The molecule has 19 heavy (non-hydrogen) atoms. The molecule has 0 spiro atoms. The van der Waals surface area contributed by atoms with Gasteiger partial charge in [-0.25, -0.2) is 4.39 Å². The molecule has 0 bridgehead atoms. The largest absolute Gasteiger partial charge is 0.491 e. The van der Waals surface area contributed by atoms with E-state index in [0.29, 0.717) is 18.0 Å². The lowest BCUT2D eigenvalue weighted by Crippen LogP contribution is -2.26. The molecular formula is C15H16FNO2. The van der Waals surface area contributed by atoms with E-state index in [4.69, 9.17) is 4.74 Å². The highest BCUT2D eigenvalue weighted by atomic mass is 19.1. The van der Waals surface area contributed by atoms with Crippen LogP contribution in [0.5, 0.6) is 5.75 Å². The molecule has 0 saturated carbocycles. The van der Waals surface area contributed by atoms with Gasteiger partial charge in [-0.3, -0.25) is 0 Å².